The van der Waals surface area contributed by atoms with Gasteiger partial charge < -0.3 is 9.84 Å². The standard InChI is InChI=1S/C29H27ClN6O2/c1-3-36-27-21(16-31-29(34-27)33-22-11-8-19(9-12-22)18-6-4-5-7-18)14-24(28(36)37)23-13-10-20(15-25(23)30)26-32-17(2)38-35-26/h8-16,18H,3-7H2,1-2H3,(H,31,33,34). The Bertz CT molecular complexity index is 1690. The second kappa shape index (κ2) is 10.0. The van der Waals surface area contributed by atoms with Crippen LogP contribution in [0.2, 0.25) is 5.02 Å². The van der Waals surface area contributed by atoms with Gasteiger partial charge in [0, 0.05) is 52.5 Å². The van der Waals surface area contributed by atoms with Crippen LogP contribution in [0.4, 0.5) is 11.6 Å². The number of fused-ring (bicyclic) bond motifs is 1. The Hall–Kier alpha value is -4.04. The Kier molecular flexibility index (Phi) is 6.41. The highest BCUT2D eigenvalue weighted by Gasteiger charge is 2.18. The van der Waals surface area contributed by atoms with E-state index in [2.05, 4.69) is 44.7 Å². The molecule has 0 spiro atoms. The molecule has 8 nitrogen and oxygen atoms in total. The van der Waals surface area contributed by atoms with Crippen molar-refractivity contribution in [3.63, 3.8) is 0 Å². The van der Waals surface area contributed by atoms with E-state index < -0.39 is 0 Å². The van der Waals surface area contributed by atoms with Crippen molar-refractivity contribution in [1.82, 2.24) is 24.7 Å². The first-order valence-corrected chi connectivity index (χ1v) is 13.3. The van der Waals surface area contributed by atoms with Crippen LogP contribution in [0.25, 0.3) is 33.5 Å². The topological polar surface area (TPSA) is 98.7 Å². The van der Waals surface area contributed by atoms with Gasteiger partial charge in [-0.05, 0) is 55.5 Å². The first kappa shape index (κ1) is 24.3. The number of nitrogens with zero attached hydrogens (tertiary/aromatic N) is 5. The quantitative estimate of drug-likeness (QED) is 0.257. The first-order chi connectivity index (χ1) is 18.5. The van der Waals surface area contributed by atoms with E-state index in [1.54, 1.807) is 35.9 Å². The highest BCUT2D eigenvalue weighted by Crippen LogP contribution is 2.35. The summed E-state index contributed by atoms with van der Waals surface area (Å²) in [5.74, 6) is 2.03. The molecular weight excluding hydrogens is 500 g/mol. The number of aromatic nitrogens is 5. The van der Waals surface area contributed by atoms with Gasteiger partial charge in [-0.3, -0.25) is 9.36 Å². The first-order valence-electron chi connectivity index (χ1n) is 12.9. The third kappa shape index (κ3) is 4.56. The molecule has 9 heteroatoms. The fourth-order valence-electron chi connectivity index (χ4n) is 5.22. The number of pyridine rings is 1. The predicted octanol–water partition coefficient (Wildman–Crippen LogP) is 6.89. The molecule has 0 radical (unpaired) electrons. The Morgan fingerprint density at radius 2 is 1.84 bits per heavy atom. The summed E-state index contributed by atoms with van der Waals surface area (Å²) in [5.41, 5.74) is 4.51. The number of anilines is 2. The third-order valence-corrected chi connectivity index (χ3v) is 7.49. The molecule has 38 heavy (non-hydrogen) atoms. The molecule has 1 fully saturated rings. The number of benzene rings is 2. The minimum atomic E-state index is -0.171. The van der Waals surface area contributed by atoms with Gasteiger partial charge in [0.2, 0.25) is 17.7 Å². The molecule has 3 aromatic heterocycles. The van der Waals surface area contributed by atoms with Gasteiger partial charge >= 0.3 is 0 Å². The van der Waals surface area contributed by atoms with Crippen molar-refractivity contribution in [1.29, 1.82) is 0 Å². The molecule has 0 unspecified atom stereocenters. The normalized spacial score (nSPS) is 13.9. The van der Waals surface area contributed by atoms with Crippen LogP contribution in [0, 0.1) is 6.92 Å². The molecule has 5 aromatic rings. The Labute approximate surface area is 224 Å². The van der Waals surface area contributed by atoms with Crippen LogP contribution in [0.3, 0.4) is 0 Å². The summed E-state index contributed by atoms with van der Waals surface area (Å²) in [5, 5.41) is 8.40. The maximum Gasteiger partial charge on any atom is 0.260 e. The largest absolute Gasteiger partial charge is 0.339 e. The molecule has 0 amide bonds. The molecule has 0 saturated heterocycles. The van der Waals surface area contributed by atoms with Crippen molar-refractivity contribution in [2.24, 2.45) is 0 Å². The number of nitrogens with one attached hydrogen (secondary N) is 1. The van der Waals surface area contributed by atoms with Crippen LogP contribution in [0.5, 0.6) is 0 Å². The second-order valence-corrected chi connectivity index (χ2v) is 10.0. The summed E-state index contributed by atoms with van der Waals surface area (Å²) in [6, 6.07) is 15.7. The molecule has 1 aliphatic rings. The minimum absolute atomic E-state index is 0.171. The number of rotatable bonds is 6. The lowest BCUT2D eigenvalue weighted by molar-refractivity contribution is 0.394. The highest BCUT2D eigenvalue weighted by atomic mass is 35.5. The van der Waals surface area contributed by atoms with E-state index in [-0.39, 0.29) is 5.56 Å². The Morgan fingerprint density at radius 3 is 2.53 bits per heavy atom. The summed E-state index contributed by atoms with van der Waals surface area (Å²) < 4.78 is 6.71. The number of halogens is 1. The zero-order chi connectivity index (χ0) is 26.2. The summed E-state index contributed by atoms with van der Waals surface area (Å²) in [7, 11) is 0. The van der Waals surface area contributed by atoms with Gasteiger partial charge in [-0.1, -0.05) is 53.9 Å². The van der Waals surface area contributed by atoms with Crippen LogP contribution in [-0.2, 0) is 6.54 Å². The van der Waals surface area contributed by atoms with E-state index in [0.717, 1.165) is 11.1 Å². The molecule has 0 atom stereocenters. The fourth-order valence-corrected chi connectivity index (χ4v) is 5.50. The molecule has 3 heterocycles. The van der Waals surface area contributed by atoms with Crippen molar-refractivity contribution < 1.29 is 4.52 Å². The van der Waals surface area contributed by atoms with Crippen LogP contribution >= 0.6 is 11.6 Å². The van der Waals surface area contributed by atoms with Crippen molar-refractivity contribution >= 4 is 34.3 Å². The predicted molar refractivity (Wildman–Crippen MR) is 149 cm³/mol. The average molecular weight is 527 g/mol. The molecule has 1 saturated carbocycles. The Balaban J connectivity index is 1.32. The molecule has 1 N–H and O–H groups in total. The van der Waals surface area contributed by atoms with Gasteiger partial charge in [0.1, 0.15) is 5.65 Å². The van der Waals surface area contributed by atoms with Crippen molar-refractivity contribution in [3.8, 4) is 22.5 Å². The fraction of sp³-hybridized carbons (Fsp3) is 0.276. The maximum absolute atomic E-state index is 13.5. The van der Waals surface area contributed by atoms with Crippen molar-refractivity contribution in [3.05, 3.63) is 81.6 Å². The highest BCUT2D eigenvalue weighted by molar-refractivity contribution is 6.33. The molecule has 2 aromatic carbocycles. The lowest BCUT2D eigenvalue weighted by Crippen LogP contribution is -2.22. The van der Waals surface area contributed by atoms with Gasteiger partial charge in [0.05, 0.1) is 0 Å². The van der Waals surface area contributed by atoms with Crippen LogP contribution < -0.4 is 10.9 Å². The van der Waals surface area contributed by atoms with Gasteiger partial charge in [0.25, 0.3) is 5.56 Å². The zero-order valence-corrected chi connectivity index (χ0v) is 22.0. The summed E-state index contributed by atoms with van der Waals surface area (Å²) in [6.45, 7) is 4.10. The van der Waals surface area contributed by atoms with E-state index >= 15 is 0 Å². The van der Waals surface area contributed by atoms with E-state index in [0.29, 0.717) is 57.5 Å². The van der Waals surface area contributed by atoms with Crippen molar-refractivity contribution in [2.75, 3.05) is 5.32 Å². The smallest absolute Gasteiger partial charge is 0.260 e. The second-order valence-electron chi connectivity index (χ2n) is 9.64. The minimum Gasteiger partial charge on any atom is -0.339 e. The van der Waals surface area contributed by atoms with Gasteiger partial charge in [0.15, 0.2) is 0 Å². The van der Waals surface area contributed by atoms with Crippen LogP contribution in [0.15, 0.2) is 64.0 Å². The van der Waals surface area contributed by atoms with E-state index in [1.165, 1.54) is 31.2 Å². The van der Waals surface area contributed by atoms with E-state index in [9.17, 15) is 4.79 Å². The van der Waals surface area contributed by atoms with Crippen LogP contribution in [0.1, 0.15) is 50.0 Å². The number of hydrogen-bond donors (Lipinski definition) is 1. The molecule has 0 bridgehead atoms. The summed E-state index contributed by atoms with van der Waals surface area (Å²) in [6.07, 6.45) is 6.90. The SMILES string of the molecule is CCn1c(=O)c(-c2ccc(-c3noc(C)n3)cc2Cl)cc2cnc(Nc3ccc(C4CCCC4)cc3)nc21. The lowest BCUT2D eigenvalue weighted by atomic mass is 9.98. The maximum atomic E-state index is 13.5. The molecule has 6 rings (SSSR count). The monoisotopic (exact) mass is 526 g/mol. The van der Waals surface area contributed by atoms with Gasteiger partial charge in [-0.15, -0.1) is 0 Å². The third-order valence-electron chi connectivity index (χ3n) is 7.18. The molecule has 0 aliphatic heterocycles. The zero-order valence-electron chi connectivity index (χ0n) is 21.2. The Morgan fingerprint density at radius 1 is 1.05 bits per heavy atom. The van der Waals surface area contributed by atoms with Gasteiger partial charge in [-0.25, -0.2) is 4.98 Å². The van der Waals surface area contributed by atoms with E-state index in [4.69, 9.17) is 21.1 Å². The van der Waals surface area contributed by atoms with Crippen molar-refractivity contribution in [2.45, 2.75) is 52.0 Å². The molecular formula is C29H27ClN6O2. The number of hydrogen-bond acceptors (Lipinski definition) is 7. The van der Waals surface area contributed by atoms with Crippen LogP contribution in [-0.4, -0.2) is 24.7 Å². The number of aryl methyl sites for hydroxylation is 2. The van der Waals surface area contributed by atoms with E-state index in [1.807, 2.05) is 13.0 Å². The lowest BCUT2D eigenvalue weighted by Gasteiger charge is -2.14. The summed E-state index contributed by atoms with van der Waals surface area (Å²) >= 11 is 6.63. The average Bonchev–Trinajstić information content (AvgIpc) is 3.62. The summed E-state index contributed by atoms with van der Waals surface area (Å²) in [4.78, 5) is 27.0. The molecule has 1 aliphatic carbocycles. The van der Waals surface area contributed by atoms with Gasteiger partial charge in [-0.2, -0.15) is 9.97 Å². The molecule has 192 valence electrons.